The molecule has 0 unspecified atom stereocenters. The Bertz CT molecular complexity index is 276. The van der Waals surface area contributed by atoms with Gasteiger partial charge in [-0.1, -0.05) is 6.07 Å². The second-order valence-corrected chi connectivity index (χ2v) is 4.09. The highest BCUT2D eigenvalue weighted by atomic mass is 127. The smallest absolute Gasteiger partial charge is 0.129 e. The summed E-state index contributed by atoms with van der Waals surface area (Å²) in [5, 5.41) is 3.20. The van der Waals surface area contributed by atoms with Crippen molar-refractivity contribution in [3.05, 3.63) is 33.1 Å². The van der Waals surface area contributed by atoms with Gasteiger partial charge in [0.1, 0.15) is 5.82 Å². The summed E-state index contributed by atoms with van der Waals surface area (Å²) in [5.41, 5.74) is 0.837. The van der Waals surface area contributed by atoms with Gasteiger partial charge in [0.25, 0.3) is 0 Å². The molecule has 0 amide bonds. The fourth-order valence-electron chi connectivity index (χ4n) is 1.38. The summed E-state index contributed by atoms with van der Waals surface area (Å²) in [6, 6.07) is 5.47. The number of hydrogen-bond donors (Lipinski definition) is 1. The van der Waals surface area contributed by atoms with E-state index in [-0.39, 0.29) is 11.9 Å². The molecular formula is C9H9FIN. The molecule has 0 saturated carbocycles. The van der Waals surface area contributed by atoms with Gasteiger partial charge in [-0.15, -0.1) is 0 Å². The Morgan fingerprint density at radius 3 is 2.75 bits per heavy atom. The maximum atomic E-state index is 13.3. The standard InChI is InChI=1S/C9H9FIN/c10-6-2-1-3-7(11)9(6)8-4-5-12-8/h1-3,8,12H,4-5H2/t8-/m0/s1. The minimum Gasteiger partial charge on any atom is -0.310 e. The van der Waals surface area contributed by atoms with Gasteiger partial charge < -0.3 is 5.32 Å². The Labute approximate surface area is 84.5 Å². The summed E-state index contributed by atoms with van der Waals surface area (Å²) < 4.78 is 14.3. The highest BCUT2D eigenvalue weighted by Crippen LogP contribution is 2.29. The summed E-state index contributed by atoms with van der Waals surface area (Å²) in [6.45, 7) is 1.01. The molecule has 12 heavy (non-hydrogen) atoms. The normalized spacial score (nSPS) is 22.0. The maximum Gasteiger partial charge on any atom is 0.129 e. The second kappa shape index (κ2) is 3.30. The van der Waals surface area contributed by atoms with E-state index in [9.17, 15) is 4.39 Å². The van der Waals surface area contributed by atoms with Crippen molar-refractivity contribution < 1.29 is 4.39 Å². The predicted molar refractivity (Wildman–Crippen MR) is 54.5 cm³/mol. The van der Waals surface area contributed by atoms with E-state index in [1.54, 1.807) is 6.07 Å². The molecule has 0 spiro atoms. The van der Waals surface area contributed by atoms with Crippen LogP contribution in [0.15, 0.2) is 18.2 Å². The number of benzene rings is 1. The molecule has 1 fully saturated rings. The highest BCUT2D eigenvalue weighted by Gasteiger charge is 2.23. The van der Waals surface area contributed by atoms with E-state index in [2.05, 4.69) is 27.9 Å². The van der Waals surface area contributed by atoms with Gasteiger partial charge in [-0.05, 0) is 47.7 Å². The third-order valence-corrected chi connectivity index (χ3v) is 3.11. The van der Waals surface area contributed by atoms with Gasteiger partial charge in [-0.25, -0.2) is 4.39 Å². The SMILES string of the molecule is Fc1cccc(I)c1[C@@H]1CCN1. The van der Waals surface area contributed by atoms with Crippen LogP contribution in [0.4, 0.5) is 4.39 Å². The largest absolute Gasteiger partial charge is 0.310 e. The molecule has 0 bridgehead atoms. The molecule has 0 aliphatic carbocycles. The van der Waals surface area contributed by atoms with Crippen LogP contribution < -0.4 is 5.32 Å². The van der Waals surface area contributed by atoms with Gasteiger partial charge in [0.15, 0.2) is 0 Å². The number of hydrogen-bond acceptors (Lipinski definition) is 1. The fourth-order valence-corrected chi connectivity index (χ4v) is 2.22. The first-order chi connectivity index (χ1) is 5.79. The van der Waals surface area contributed by atoms with Crippen LogP contribution in [-0.2, 0) is 0 Å². The first kappa shape index (κ1) is 8.44. The van der Waals surface area contributed by atoms with Gasteiger partial charge in [0, 0.05) is 15.2 Å². The van der Waals surface area contributed by atoms with Gasteiger partial charge in [-0.2, -0.15) is 0 Å². The van der Waals surface area contributed by atoms with E-state index in [0.29, 0.717) is 0 Å². The van der Waals surface area contributed by atoms with Crippen LogP contribution in [0.3, 0.4) is 0 Å². The molecule has 0 aromatic heterocycles. The van der Waals surface area contributed by atoms with Crippen molar-refractivity contribution in [2.24, 2.45) is 0 Å². The van der Waals surface area contributed by atoms with E-state index < -0.39 is 0 Å². The number of nitrogens with one attached hydrogen (secondary N) is 1. The summed E-state index contributed by atoms with van der Waals surface area (Å²) in [6.07, 6.45) is 1.05. The molecule has 0 radical (unpaired) electrons. The van der Waals surface area contributed by atoms with Crippen molar-refractivity contribution >= 4 is 22.6 Å². The monoisotopic (exact) mass is 277 g/mol. The van der Waals surface area contributed by atoms with Crippen LogP contribution in [0.1, 0.15) is 18.0 Å². The molecule has 1 atom stereocenters. The van der Waals surface area contributed by atoms with E-state index >= 15 is 0 Å². The lowest BCUT2D eigenvalue weighted by Gasteiger charge is -2.29. The van der Waals surface area contributed by atoms with Crippen LogP contribution in [0, 0.1) is 9.39 Å². The minimum atomic E-state index is -0.0842. The Hall–Kier alpha value is -0.160. The zero-order chi connectivity index (χ0) is 8.55. The lowest BCUT2D eigenvalue weighted by atomic mass is 9.98. The zero-order valence-corrected chi connectivity index (χ0v) is 8.64. The lowest BCUT2D eigenvalue weighted by Crippen LogP contribution is -2.36. The number of halogens is 2. The first-order valence-corrected chi connectivity index (χ1v) is 5.04. The minimum absolute atomic E-state index is 0.0842. The average molecular weight is 277 g/mol. The van der Waals surface area contributed by atoms with Crippen molar-refractivity contribution in [3.8, 4) is 0 Å². The van der Waals surface area contributed by atoms with E-state index in [1.165, 1.54) is 6.07 Å². The zero-order valence-electron chi connectivity index (χ0n) is 6.48. The van der Waals surface area contributed by atoms with E-state index in [0.717, 1.165) is 22.1 Å². The molecule has 1 heterocycles. The Kier molecular flexibility index (Phi) is 2.32. The second-order valence-electron chi connectivity index (χ2n) is 2.93. The Morgan fingerprint density at radius 1 is 1.50 bits per heavy atom. The summed E-state index contributed by atoms with van der Waals surface area (Å²) in [4.78, 5) is 0. The van der Waals surface area contributed by atoms with Gasteiger partial charge in [0.05, 0.1) is 0 Å². The van der Waals surface area contributed by atoms with Crippen LogP contribution >= 0.6 is 22.6 Å². The lowest BCUT2D eigenvalue weighted by molar-refractivity contribution is 0.369. The molecule has 64 valence electrons. The maximum absolute atomic E-state index is 13.3. The molecule has 1 saturated heterocycles. The van der Waals surface area contributed by atoms with Crippen LogP contribution in [-0.4, -0.2) is 6.54 Å². The van der Waals surface area contributed by atoms with E-state index in [4.69, 9.17) is 0 Å². The molecule has 3 heteroatoms. The van der Waals surface area contributed by atoms with Crippen LogP contribution in [0.5, 0.6) is 0 Å². The average Bonchev–Trinajstić information content (AvgIpc) is 1.93. The summed E-state index contributed by atoms with van der Waals surface area (Å²) in [5.74, 6) is -0.0842. The van der Waals surface area contributed by atoms with Crippen molar-refractivity contribution in [1.82, 2.24) is 5.32 Å². The Morgan fingerprint density at radius 2 is 2.25 bits per heavy atom. The van der Waals surface area contributed by atoms with Gasteiger partial charge >= 0.3 is 0 Å². The van der Waals surface area contributed by atoms with Gasteiger partial charge in [0.2, 0.25) is 0 Å². The topological polar surface area (TPSA) is 12.0 Å². The third kappa shape index (κ3) is 1.35. The molecule has 1 aliphatic heterocycles. The molecule has 1 aliphatic rings. The molecule has 1 N–H and O–H groups in total. The summed E-state index contributed by atoms with van der Waals surface area (Å²) >= 11 is 2.18. The van der Waals surface area contributed by atoms with Crippen molar-refractivity contribution in [2.45, 2.75) is 12.5 Å². The first-order valence-electron chi connectivity index (χ1n) is 3.96. The van der Waals surface area contributed by atoms with Crippen molar-refractivity contribution in [2.75, 3.05) is 6.54 Å². The predicted octanol–water partition coefficient (Wildman–Crippen LogP) is 2.46. The van der Waals surface area contributed by atoms with Gasteiger partial charge in [-0.3, -0.25) is 0 Å². The molecule has 1 nitrogen and oxygen atoms in total. The van der Waals surface area contributed by atoms with Crippen LogP contribution in [0.25, 0.3) is 0 Å². The number of rotatable bonds is 1. The molecule has 2 rings (SSSR count). The molecule has 1 aromatic rings. The van der Waals surface area contributed by atoms with Crippen molar-refractivity contribution in [3.63, 3.8) is 0 Å². The van der Waals surface area contributed by atoms with E-state index in [1.807, 2.05) is 6.07 Å². The van der Waals surface area contributed by atoms with Crippen molar-refractivity contribution in [1.29, 1.82) is 0 Å². The molecule has 1 aromatic carbocycles. The third-order valence-electron chi connectivity index (χ3n) is 2.17. The molecular weight excluding hydrogens is 268 g/mol. The fraction of sp³-hybridized carbons (Fsp3) is 0.333. The van der Waals surface area contributed by atoms with Crippen LogP contribution in [0.2, 0.25) is 0 Å². The highest BCUT2D eigenvalue weighted by molar-refractivity contribution is 14.1. The quantitative estimate of drug-likeness (QED) is 0.777. The Balaban J connectivity index is 2.39. The summed E-state index contributed by atoms with van der Waals surface area (Å²) in [7, 11) is 0.